The molecule has 7 nitrogen and oxygen atoms in total. The fraction of sp³-hybridized carbons (Fsp3) is 0.263. The van der Waals surface area contributed by atoms with Gasteiger partial charge in [0, 0.05) is 35.0 Å². The van der Waals surface area contributed by atoms with E-state index in [4.69, 9.17) is 0 Å². The first-order chi connectivity index (χ1) is 12.3. The van der Waals surface area contributed by atoms with E-state index in [1.807, 2.05) is 13.8 Å². The van der Waals surface area contributed by atoms with Gasteiger partial charge in [0.05, 0.1) is 4.92 Å². The van der Waals surface area contributed by atoms with Gasteiger partial charge in [-0.2, -0.15) is 0 Å². The summed E-state index contributed by atoms with van der Waals surface area (Å²) < 4.78 is 0. The Bertz CT molecular complexity index is 829. The van der Waals surface area contributed by atoms with Gasteiger partial charge in [0.1, 0.15) is 0 Å². The zero-order chi connectivity index (χ0) is 19.3. The number of anilines is 2. The highest BCUT2D eigenvalue weighted by atomic mass is 16.6. The number of benzene rings is 2. The molecule has 0 bridgehead atoms. The molecule has 2 rings (SSSR count). The number of carbonyl (C=O) groups excluding carboxylic acids is 2. The van der Waals surface area contributed by atoms with Crippen LogP contribution in [0.25, 0.3) is 0 Å². The fourth-order valence-corrected chi connectivity index (χ4v) is 2.37. The zero-order valence-electron chi connectivity index (χ0n) is 14.9. The van der Waals surface area contributed by atoms with Gasteiger partial charge in [0.15, 0.2) is 0 Å². The summed E-state index contributed by atoms with van der Waals surface area (Å²) in [7, 11) is 0. The van der Waals surface area contributed by atoms with Crippen LogP contribution in [-0.4, -0.2) is 16.7 Å². The third-order valence-electron chi connectivity index (χ3n) is 3.69. The Kier molecular flexibility index (Phi) is 6.06. The number of carbonyl (C=O) groups is 2. The standard InChI is InChI=1S/C19H21N3O4/c1-12(2)10-18(23)20-15-6-8-16(9-7-15)21-19(24)14-5-4-13(3)17(11-14)22(25)26/h4-9,11-12H,10H2,1-3H3,(H,20,23)(H,21,24). The van der Waals surface area contributed by atoms with E-state index >= 15 is 0 Å². The van der Waals surface area contributed by atoms with Gasteiger partial charge in [-0.15, -0.1) is 0 Å². The number of nitro benzene ring substituents is 1. The highest BCUT2D eigenvalue weighted by Gasteiger charge is 2.15. The SMILES string of the molecule is Cc1ccc(C(=O)Nc2ccc(NC(=O)CC(C)C)cc2)cc1[N+](=O)[O-]. The largest absolute Gasteiger partial charge is 0.326 e. The van der Waals surface area contributed by atoms with Crippen molar-refractivity contribution in [1.29, 1.82) is 0 Å². The van der Waals surface area contributed by atoms with E-state index in [-0.39, 0.29) is 23.1 Å². The van der Waals surface area contributed by atoms with E-state index < -0.39 is 10.8 Å². The van der Waals surface area contributed by atoms with Crippen LogP contribution in [0.15, 0.2) is 42.5 Å². The summed E-state index contributed by atoms with van der Waals surface area (Å²) in [4.78, 5) is 34.5. The van der Waals surface area contributed by atoms with Gasteiger partial charge in [0.2, 0.25) is 5.91 Å². The molecule has 0 saturated carbocycles. The Balaban J connectivity index is 2.05. The van der Waals surface area contributed by atoms with Crippen LogP contribution in [0.2, 0.25) is 0 Å². The van der Waals surface area contributed by atoms with E-state index in [1.54, 1.807) is 37.3 Å². The summed E-state index contributed by atoms with van der Waals surface area (Å²) in [5, 5.41) is 16.5. The molecule has 0 fully saturated rings. The third kappa shape index (κ3) is 5.14. The minimum absolute atomic E-state index is 0.0660. The highest BCUT2D eigenvalue weighted by Crippen LogP contribution is 2.21. The molecule has 2 amide bonds. The summed E-state index contributed by atoms with van der Waals surface area (Å²) in [5.74, 6) is -0.236. The summed E-state index contributed by atoms with van der Waals surface area (Å²) in [6.07, 6.45) is 0.435. The minimum atomic E-state index is -0.513. The smallest absolute Gasteiger partial charge is 0.273 e. The number of aryl methyl sites for hydroxylation is 1. The van der Waals surface area contributed by atoms with Crippen LogP contribution in [0.5, 0.6) is 0 Å². The van der Waals surface area contributed by atoms with E-state index in [9.17, 15) is 19.7 Å². The molecule has 2 N–H and O–H groups in total. The predicted molar refractivity (Wildman–Crippen MR) is 100 cm³/mol. The van der Waals surface area contributed by atoms with Gasteiger partial charge in [-0.25, -0.2) is 0 Å². The number of nitrogens with one attached hydrogen (secondary N) is 2. The first kappa shape index (κ1) is 19.1. The molecule has 0 atom stereocenters. The van der Waals surface area contributed by atoms with Crippen molar-refractivity contribution in [2.45, 2.75) is 27.2 Å². The first-order valence-electron chi connectivity index (χ1n) is 8.22. The van der Waals surface area contributed by atoms with Gasteiger partial charge in [-0.3, -0.25) is 19.7 Å². The van der Waals surface area contributed by atoms with Crippen molar-refractivity contribution in [3.63, 3.8) is 0 Å². The quantitative estimate of drug-likeness (QED) is 0.600. The Morgan fingerprint density at radius 2 is 1.62 bits per heavy atom. The lowest BCUT2D eigenvalue weighted by Crippen LogP contribution is -2.14. The van der Waals surface area contributed by atoms with Crippen LogP contribution in [0.1, 0.15) is 36.2 Å². The van der Waals surface area contributed by atoms with Crippen LogP contribution in [0.4, 0.5) is 17.1 Å². The number of hydrogen-bond donors (Lipinski definition) is 2. The Labute approximate surface area is 151 Å². The number of rotatable bonds is 6. The van der Waals surface area contributed by atoms with Crippen LogP contribution in [0.3, 0.4) is 0 Å². The normalized spacial score (nSPS) is 10.5. The Morgan fingerprint density at radius 1 is 1.04 bits per heavy atom. The highest BCUT2D eigenvalue weighted by molar-refractivity contribution is 6.04. The van der Waals surface area contributed by atoms with Crippen molar-refractivity contribution in [3.05, 3.63) is 63.7 Å². The lowest BCUT2D eigenvalue weighted by Gasteiger charge is -2.09. The topological polar surface area (TPSA) is 101 Å². The van der Waals surface area contributed by atoms with E-state index in [2.05, 4.69) is 10.6 Å². The van der Waals surface area contributed by atoms with Crippen molar-refractivity contribution in [2.24, 2.45) is 5.92 Å². The predicted octanol–water partition coefficient (Wildman–Crippen LogP) is 4.14. The second-order valence-electron chi connectivity index (χ2n) is 6.44. The van der Waals surface area contributed by atoms with E-state index in [0.29, 0.717) is 23.4 Å². The lowest BCUT2D eigenvalue weighted by atomic mass is 10.1. The summed E-state index contributed by atoms with van der Waals surface area (Å²) in [6.45, 7) is 5.55. The molecule has 0 heterocycles. The number of nitro groups is 1. The molecule has 136 valence electrons. The molecular weight excluding hydrogens is 334 g/mol. The van der Waals surface area contributed by atoms with Crippen LogP contribution in [-0.2, 0) is 4.79 Å². The molecule has 0 unspecified atom stereocenters. The average Bonchev–Trinajstić information content (AvgIpc) is 2.56. The minimum Gasteiger partial charge on any atom is -0.326 e. The van der Waals surface area contributed by atoms with Gasteiger partial charge < -0.3 is 10.6 Å². The Morgan fingerprint density at radius 3 is 2.15 bits per heavy atom. The Hall–Kier alpha value is -3.22. The number of amides is 2. The molecule has 0 saturated heterocycles. The third-order valence-corrected chi connectivity index (χ3v) is 3.69. The summed E-state index contributed by atoms with van der Waals surface area (Å²) >= 11 is 0. The molecule has 0 aliphatic rings. The number of hydrogen-bond acceptors (Lipinski definition) is 4. The van der Waals surface area contributed by atoms with Gasteiger partial charge in [-0.1, -0.05) is 19.9 Å². The van der Waals surface area contributed by atoms with E-state index in [1.165, 1.54) is 12.1 Å². The molecule has 0 aliphatic carbocycles. The lowest BCUT2D eigenvalue weighted by molar-refractivity contribution is -0.385. The van der Waals surface area contributed by atoms with Crippen molar-refractivity contribution in [1.82, 2.24) is 0 Å². The molecule has 0 aliphatic heterocycles. The molecule has 7 heteroatoms. The van der Waals surface area contributed by atoms with Crippen LogP contribution in [0, 0.1) is 23.0 Å². The number of nitrogens with zero attached hydrogens (tertiary/aromatic N) is 1. The van der Waals surface area contributed by atoms with Gasteiger partial charge in [-0.05, 0) is 43.2 Å². The van der Waals surface area contributed by atoms with Crippen molar-refractivity contribution < 1.29 is 14.5 Å². The average molecular weight is 355 g/mol. The van der Waals surface area contributed by atoms with E-state index in [0.717, 1.165) is 0 Å². The monoisotopic (exact) mass is 355 g/mol. The molecular formula is C19H21N3O4. The van der Waals surface area contributed by atoms with Crippen molar-refractivity contribution >= 4 is 28.9 Å². The molecule has 0 aromatic heterocycles. The van der Waals surface area contributed by atoms with Crippen LogP contribution >= 0.6 is 0 Å². The molecule has 2 aromatic carbocycles. The second-order valence-corrected chi connectivity index (χ2v) is 6.44. The summed E-state index contributed by atoms with van der Waals surface area (Å²) in [6, 6.07) is 11.0. The molecule has 2 aromatic rings. The molecule has 26 heavy (non-hydrogen) atoms. The van der Waals surface area contributed by atoms with Crippen molar-refractivity contribution in [3.8, 4) is 0 Å². The van der Waals surface area contributed by atoms with Gasteiger partial charge >= 0.3 is 0 Å². The van der Waals surface area contributed by atoms with Crippen LogP contribution < -0.4 is 10.6 Å². The zero-order valence-corrected chi connectivity index (χ0v) is 14.9. The maximum absolute atomic E-state index is 12.3. The molecule has 0 radical (unpaired) electrons. The molecule has 0 spiro atoms. The van der Waals surface area contributed by atoms with Crippen molar-refractivity contribution in [2.75, 3.05) is 10.6 Å². The summed E-state index contributed by atoms with van der Waals surface area (Å²) in [5.41, 5.74) is 1.77. The first-order valence-corrected chi connectivity index (χ1v) is 8.22. The second kappa shape index (κ2) is 8.24. The maximum atomic E-state index is 12.3. The fourth-order valence-electron chi connectivity index (χ4n) is 2.37. The maximum Gasteiger partial charge on any atom is 0.273 e. The van der Waals surface area contributed by atoms with Gasteiger partial charge in [0.25, 0.3) is 11.6 Å².